The maximum atomic E-state index is 14.3. The fourth-order valence-corrected chi connectivity index (χ4v) is 3.15. The van der Waals surface area contributed by atoms with Crippen molar-refractivity contribution in [3.05, 3.63) is 71.8 Å². The number of carbonyl (C=O) groups excluding carboxylic acids is 2. The standard InChI is InChI=1S/C23H24F3N3O2/c1-21(2,3)19(30)28-22(23(24,25)26)20(31)29(15-14-16-10-6-4-7-11-16)18(27-22)17-12-8-5-9-13-17/h4-13H,14-15H2,1-3H3,(H,28,30)/t22-/m1/s1. The first-order valence-electron chi connectivity index (χ1n) is 9.86. The topological polar surface area (TPSA) is 61.8 Å². The van der Waals surface area contributed by atoms with Crippen LogP contribution in [0.4, 0.5) is 13.2 Å². The molecule has 1 heterocycles. The number of nitrogens with zero attached hydrogens (tertiary/aromatic N) is 2. The summed E-state index contributed by atoms with van der Waals surface area (Å²) >= 11 is 0. The number of halogens is 3. The summed E-state index contributed by atoms with van der Waals surface area (Å²) in [6, 6.07) is 17.3. The lowest BCUT2D eigenvalue weighted by molar-refractivity contribution is -0.201. The normalized spacial score (nSPS) is 19.4. The molecule has 0 aromatic heterocycles. The first-order chi connectivity index (χ1) is 14.5. The van der Waals surface area contributed by atoms with Gasteiger partial charge in [0.15, 0.2) is 0 Å². The van der Waals surface area contributed by atoms with Crippen LogP contribution >= 0.6 is 0 Å². The highest BCUT2D eigenvalue weighted by Crippen LogP contribution is 2.39. The van der Waals surface area contributed by atoms with Crippen LogP contribution in [0.3, 0.4) is 0 Å². The van der Waals surface area contributed by atoms with Crippen LogP contribution in [-0.2, 0) is 16.0 Å². The molecule has 1 N–H and O–H groups in total. The third-order valence-electron chi connectivity index (χ3n) is 4.97. The number of amides is 2. The molecule has 5 nitrogen and oxygen atoms in total. The molecule has 2 aromatic rings. The van der Waals surface area contributed by atoms with E-state index in [9.17, 15) is 22.8 Å². The van der Waals surface area contributed by atoms with Crippen molar-refractivity contribution in [2.75, 3.05) is 6.54 Å². The van der Waals surface area contributed by atoms with Crippen LogP contribution in [0.15, 0.2) is 65.7 Å². The van der Waals surface area contributed by atoms with Crippen LogP contribution in [-0.4, -0.2) is 40.9 Å². The van der Waals surface area contributed by atoms with Gasteiger partial charge in [0.25, 0.3) is 5.91 Å². The molecular weight excluding hydrogens is 407 g/mol. The number of hydrogen-bond acceptors (Lipinski definition) is 3. The van der Waals surface area contributed by atoms with Crippen molar-refractivity contribution in [1.29, 1.82) is 0 Å². The van der Waals surface area contributed by atoms with Crippen molar-refractivity contribution < 1.29 is 22.8 Å². The van der Waals surface area contributed by atoms with Crippen LogP contribution in [0.25, 0.3) is 0 Å². The van der Waals surface area contributed by atoms with Crippen LogP contribution in [0, 0.1) is 5.41 Å². The Kier molecular flexibility index (Phi) is 5.93. The van der Waals surface area contributed by atoms with Crippen LogP contribution in [0.1, 0.15) is 31.9 Å². The molecule has 1 aliphatic heterocycles. The molecule has 2 aromatic carbocycles. The van der Waals surface area contributed by atoms with Gasteiger partial charge >= 0.3 is 11.8 Å². The molecule has 0 bridgehead atoms. The number of aliphatic imine (C=N–C) groups is 1. The number of amidine groups is 1. The quantitative estimate of drug-likeness (QED) is 0.780. The number of alkyl halides is 3. The van der Waals surface area contributed by atoms with Crippen LogP contribution < -0.4 is 5.32 Å². The molecular formula is C23H24F3N3O2. The Balaban J connectivity index is 2.05. The lowest BCUT2D eigenvalue weighted by atomic mass is 9.94. The van der Waals surface area contributed by atoms with Gasteiger partial charge in [0.2, 0.25) is 5.91 Å². The molecule has 3 rings (SSSR count). The Morgan fingerprint density at radius 2 is 1.55 bits per heavy atom. The molecule has 8 heteroatoms. The molecule has 0 radical (unpaired) electrons. The summed E-state index contributed by atoms with van der Waals surface area (Å²) in [6.07, 6.45) is -4.79. The zero-order valence-electron chi connectivity index (χ0n) is 17.5. The second kappa shape index (κ2) is 8.17. The van der Waals surface area contributed by atoms with Crippen molar-refractivity contribution >= 4 is 17.6 Å². The number of carbonyl (C=O) groups is 2. The van der Waals surface area contributed by atoms with Gasteiger partial charge in [-0.2, -0.15) is 13.2 Å². The van der Waals surface area contributed by atoms with Gasteiger partial charge in [-0.25, -0.2) is 4.99 Å². The highest BCUT2D eigenvalue weighted by molar-refractivity contribution is 6.16. The maximum absolute atomic E-state index is 14.3. The Morgan fingerprint density at radius 3 is 2.06 bits per heavy atom. The summed E-state index contributed by atoms with van der Waals surface area (Å²) < 4.78 is 42.8. The second-order valence-electron chi connectivity index (χ2n) is 8.41. The average molecular weight is 431 g/mol. The van der Waals surface area contributed by atoms with Gasteiger partial charge in [-0.05, 0) is 12.0 Å². The second-order valence-corrected chi connectivity index (χ2v) is 8.41. The summed E-state index contributed by atoms with van der Waals surface area (Å²) in [6.45, 7) is 4.41. The van der Waals surface area contributed by atoms with E-state index in [2.05, 4.69) is 4.99 Å². The van der Waals surface area contributed by atoms with E-state index in [1.54, 1.807) is 30.3 Å². The molecule has 1 atom stereocenters. The van der Waals surface area contributed by atoms with Crippen molar-refractivity contribution in [2.24, 2.45) is 10.4 Å². The fraction of sp³-hybridized carbons (Fsp3) is 0.348. The molecule has 0 spiro atoms. The maximum Gasteiger partial charge on any atom is 0.442 e. The minimum absolute atomic E-state index is 0.0141. The average Bonchev–Trinajstić information content (AvgIpc) is 3.00. The summed E-state index contributed by atoms with van der Waals surface area (Å²) in [4.78, 5) is 30.6. The van der Waals surface area contributed by atoms with E-state index in [1.165, 1.54) is 20.8 Å². The van der Waals surface area contributed by atoms with E-state index in [-0.39, 0.29) is 12.4 Å². The highest BCUT2D eigenvalue weighted by atomic mass is 19.4. The van der Waals surface area contributed by atoms with Gasteiger partial charge in [0.05, 0.1) is 0 Å². The van der Waals surface area contributed by atoms with E-state index in [4.69, 9.17) is 0 Å². The van der Waals surface area contributed by atoms with Crippen molar-refractivity contribution in [1.82, 2.24) is 10.2 Å². The van der Waals surface area contributed by atoms with Gasteiger partial charge in [-0.3, -0.25) is 14.5 Å². The Labute approximate surface area is 179 Å². The van der Waals surface area contributed by atoms with Gasteiger partial charge in [0, 0.05) is 17.5 Å². The smallest absolute Gasteiger partial charge is 0.316 e. The lowest BCUT2D eigenvalue weighted by Crippen LogP contribution is -2.65. The summed E-state index contributed by atoms with van der Waals surface area (Å²) in [5.74, 6) is -2.35. The molecule has 31 heavy (non-hydrogen) atoms. The van der Waals surface area contributed by atoms with E-state index >= 15 is 0 Å². The molecule has 0 fully saturated rings. The van der Waals surface area contributed by atoms with Crippen molar-refractivity contribution in [3.8, 4) is 0 Å². The molecule has 0 unspecified atom stereocenters. The number of hydrogen-bond donors (Lipinski definition) is 1. The van der Waals surface area contributed by atoms with Gasteiger partial charge in [-0.1, -0.05) is 81.4 Å². The summed E-state index contributed by atoms with van der Waals surface area (Å²) in [5.41, 5.74) is -3.27. The Hall–Kier alpha value is -3.16. The minimum Gasteiger partial charge on any atom is -0.316 e. The van der Waals surface area contributed by atoms with E-state index < -0.39 is 29.1 Å². The van der Waals surface area contributed by atoms with E-state index in [0.29, 0.717) is 12.0 Å². The number of nitrogens with one attached hydrogen (secondary N) is 1. The third kappa shape index (κ3) is 4.47. The largest absolute Gasteiger partial charge is 0.442 e. The van der Waals surface area contributed by atoms with Gasteiger partial charge < -0.3 is 5.32 Å². The highest BCUT2D eigenvalue weighted by Gasteiger charge is 2.67. The summed E-state index contributed by atoms with van der Waals surface area (Å²) in [5, 5.41) is 1.91. The van der Waals surface area contributed by atoms with Gasteiger partial charge in [0.1, 0.15) is 5.84 Å². The van der Waals surface area contributed by atoms with Crippen LogP contribution in [0.5, 0.6) is 0 Å². The molecule has 0 saturated carbocycles. The minimum atomic E-state index is -5.12. The molecule has 0 aliphatic carbocycles. The monoisotopic (exact) mass is 431 g/mol. The predicted molar refractivity (Wildman–Crippen MR) is 111 cm³/mol. The van der Waals surface area contributed by atoms with Crippen molar-refractivity contribution in [2.45, 2.75) is 39.0 Å². The first kappa shape index (κ1) is 22.5. The lowest BCUT2D eigenvalue weighted by Gasteiger charge is -2.31. The SMILES string of the molecule is CC(C)(C)C(=O)N[C@]1(C(F)(F)F)N=C(c2ccccc2)N(CCc2ccccc2)C1=O. The molecule has 164 valence electrons. The fourth-order valence-electron chi connectivity index (χ4n) is 3.15. The Morgan fingerprint density at radius 1 is 1.00 bits per heavy atom. The first-order valence-corrected chi connectivity index (χ1v) is 9.86. The van der Waals surface area contributed by atoms with E-state index in [0.717, 1.165) is 10.5 Å². The molecule has 2 amide bonds. The molecule has 1 aliphatic rings. The number of benzene rings is 2. The van der Waals surface area contributed by atoms with Crippen molar-refractivity contribution in [3.63, 3.8) is 0 Å². The Bertz CT molecular complexity index is 983. The van der Waals surface area contributed by atoms with E-state index in [1.807, 2.05) is 35.6 Å². The molecule has 0 saturated heterocycles. The number of rotatable bonds is 5. The third-order valence-corrected chi connectivity index (χ3v) is 4.97. The predicted octanol–water partition coefficient (Wildman–Crippen LogP) is 3.94. The summed E-state index contributed by atoms with van der Waals surface area (Å²) in [7, 11) is 0. The van der Waals surface area contributed by atoms with Crippen LogP contribution in [0.2, 0.25) is 0 Å². The zero-order valence-corrected chi connectivity index (χ0v) is 17.5. The van der Waals surface area contributed by atoms with Gasteiger partial charge in [-0.15, -0.1) is 0 Å². The zero-order chi connectivity index (χ0) is 22.9.